The summed E-state index contributed by atoms with van der Waals surface area (Å²) in [6, 6.07) is 7.55. The first-order valence-electron chi connectivity index (χ1n) is 8.23. The van der Waals surface area contributed by atoms with Gasteiger partial charge in [0.2, 0.25) is 5.91 Å². The van der Waals surface area contributed by atoms with Crippen molar-refractivity contribution in [2.45, 2.75) is 26.0 Å². The first-order chi connectivity index (χ1) is 11.6. The van der Waals surface area contributed by atoms with Crippen LogP contribution in [0.5, 0.6) is 5.75 Å². The van der Waals surface area contributed by atoms with Crippen LogP contribution < -0.4 is 15.4 Å². The number of nitrogens with one attached hydrogen (secondary N) is 2. The summed E-state index contributed by atoms with van der Waals surface area (Å²) in [4.78, 5) is 18.3. The van der Waals surface area contributed by atoms with Crippen LogP contribution in [0.2, 0.25) is 0 Å². The van der Waals surface area contributed by atoms with E-state index in [0.717, 1.165) is 30.8 Å². The number of carbonyl (C=O) groups excluding carboxylic acids is 1. The van der Waals surface area contributed by atoms with Crippen molar-refractivity contribution in [3.63, 3.8) is 0 Å². The van der Waals surface area contributed by atoms with E-state index in [2.05, 4.69) is 15.6 Å². The number of hydrogen-bond acceptors (Lipinski definition) is 4. The molecule has 0 radical (unpaired) electrons. The van der Waals surface area contributed by atoms with Crippen LogP contribution in [-0.2, 0) is 11.3 Å². The number of amides is 1. The fraction of sp³-hybridized carbons (Fsp3) is 0.529. The van der Waals surface area contributed by atoms with Gasteiger partial charge in [-0.1, -0.05) is 12.1 Å². The summed E-state index contributed by atoms with van der Waals surface area (Å²) >= 11 is 0. The minimum atomic E-state index is -0.322. The molecule has 1 aliphatic rings. The van der Waals surface area contributed by atoms with Gasteiger partial charge in [-0.15, -0.1) is 0 Å². The van der Waals surface area contributed by atoms with E-state index in [0.29, 0.717) is 19.0 Å². The minimum absolute atomic E-state index is 0.0606. The molecule has 24 heavy (non-hydrogen) atoms. The van der Waals surface area contributed by atoms with Crippen LogP contribution in [0, 0.1) is 0 Å². The van der Waals surface area contributed by atoms with Gasteiger partial charge in [-0.25, -0.2) is 4.99 Å². The van der Waals surface area contributed by atoms with Gasteiger partial charge in [-0.3, -0.25) is 4.79 Å². The molecule has 1 saturated heterocycles. The van der Waals surface area contributed by atoms with E-state index < -0.39 is 0 Å². The number of guanidine groups is 1. The Morgan fingerprint density at radius 3 is 2.71 bits per heavy atom. The van der Waals surface area contributed by atoms with Crippen LogP contribution in [0.1, 0.15) is 18.9 Å². The number of aliphatic hydroxyl groups excluding tert-OH is 1. The predicted molar refractivity (Wildman–Crippen MR) is 93.0 cm³/mol. The van der Waals surface area contributed by atoms with Crippen molar-refractivity contribution in [3.05, 3.63) is 29.8 Å². The highest BCUT2D eigenvalue weighted by Crippen LogP contribution is 2.11. The Hall–Kier alpha value is -2.28. The average Bonchev–Trinajstić information content (AvgIpc) is 3.03. The molecule has 3 N–H and O–H groups in total. The van der Waals surface area contributed by atoms with Crippen LogP contribution in [-0.4, -0.2) is 61.3 Å². The van der Waals surface area contributed by atoms with Crippen molar-refractivity contribution >= 4 is 11.9 Å². The zero-order chi connectivity index (χ0) is 17.4. The van der Waals surface area contributed by atoms with E-state index >= 15 is 0 Å². The number of aliphatic imine (C=N–C) groups is 1. The van der Waals surface area contributed by atoms with Crippen LogP contribution in [0.3, 0.4) is 0 Å². The Labute approximate surface area is 142 Å². The van der Waals surface area contributed by atoms with Crippen molar-refractivity contribution in [1.82, 2.24) is 15.5 Å². The van der Waals surface area contributed by atoms with Crippen molar-refractivity contribution in [2.75, 3.05) is 33.3 Å². The Kier molecular flexibility index (Phi) is 6.87. The number of ether oxygens (including phenoxy) is 1. The number of likely N-dealkylation sites (tertiary alicyclic amines) is 1. The van der Waals surface area contributed by atoms with E-state index in [-0.39, 0.29) is 18.6 Å². The van der Waals surface area contributed by atoms with E-state index in [1.54, 1.807) is 7.11 Å². The fourth-order valence-corrected chi connectivity index (χ4v) is 2.51. The second-order valence-electron chi connectivity index (χ2n) is 5.68. The Bertz CT molecular complexity index is 559. The highest BCUT2D eigenvalue weighted by molar-refractivity contribution is 5.85. The maximum atomic E-state index is 12.0. The normalized spacial score (nSPS) is 17.7. The summed E-state index contributed by atoms with van der Waals surface area (Å²) in [5.74, 6) is 1.33. The molecule has 0 unspecified atom stereocenters. The Balaban J connectivity index is 1.82. The van der Waals surface area contributed by atoms with Crippen LogP contribution >= 0.6 is 0 Å². The average molecular weight is 334 g/mol. The maximum absolute atomic E-state index is 12.0. The lowest BCUT2D eigenvalue weighted by Crippen LogP contribution is -2.41. The van der Waals surface area contributed by atoms with Crippen molar-refractivity contribution in [1.29, 1.82) is 0 Å². The molecule has 7 heteroatoms. The van der Waals surface area contributed by atoms with Gasteiger partial charge in [-0.2, -0.15) is 0 Å². The Morgan fingerprint density at radius 1 is 1.38 bits per heavy atom. The summed E-state index contributed by atoms with van der Waals surface area (Å²) in [5, 5.41) is 15.6. The molecule has 2 rings (SSSR count). The second kappa shape index (κ2) is 9.12. The fourth-order valence-electron chi connectivity index (χ4n) is 2.51. The number of hydrogen-bond donors (Lipinski definition) is 3. The number of aliphatic hydroxyl groups is 1. The topological polar surface area (TPSA) is 86.2 Å². The van der Waals surface area contributed by atoms with Crippen LogP contribution in [0.15, 0.2) is 29.3 Å². The third-order valence-corrected chi connectivity index (χ3v) is 3.82. The molecule has 1 aliphatic heterocycles. The summed E-state index contributed by atoms with van der Waals surface area (Å²) in [7, 11) is 1.62. The summed E-state index contributed by atoms with van der Waals surface area (Å²) in [6.45, 7) is 4.52. The largest absolute Gasteiger partial charge is 0.497 e. The van der Waals surface area contributed by atoms with Crippen molar-refractivity contribution in [3.8, 4) is 5.75 Å². The molecule has 0 saturated carbocycles. The van der Waals surface area contributed by atoms with Gasteiger partial charge >= 0.3 is 0 Å². The third-order valence-electron chi connectivity index (χ3n) is 3.82. The number of benzene rings is 1. The predicted octanol–water partition coefficient (Wildman–Crippen LogP) is 0.344. The minimum Gasteiger partial charge on any atom is -0.497 e. The molecule has 1 atom stereocenters. The van der Waals surface area contributed by atoms with Gasteiger partial charge in [0.25, 0.3) is 0 Å². The van der Waals surface area contributed by atoms with E-state index in [1.165, 1.54) is 0 Å². The second-order valence-corrected chi connectivity index (χ2v) is 5.68. The van der Waals surface area contributed by atoms with Gasteiger partial charge < -0.3 is 25.4 Å². The quantitative estimate of drug-likeness (QED) is 0.516. The molecule has 0 spiro atoms. The van der Waals surface area contributed by atoms with Gasteiger partial charge in [0.1, 0.15) is 12.3 Å². The molecule has 1 fully saturated rings. The number of carbonyl (C=O) groups is 1. The molecule has 0 aliphatic carbocycles. The zero-order valence-corrected chi connectivity index (χ0v) is 14.3. The molecular weight excluding hydrogens is 308 g/mol. The van der Waals surface area contributed by atoms with Crippen molar-refractivity contribution < 1.29 is 14.6 Å². The summed E-state index contributed by atoms with van der Waals surface area (Å²) < 4.78 is 5.10. The lowest BCUT2D eigenvalue weighted by molar-refractivity contribution is -0.119. The molecule has 0 bridgehead atoms. The van der Waals surface area contributed by atoms with Gasteiger partial charge in [-0.05, 0) is 31.0 Å². The molecular formula is C17H26N4O3. The Morgan fingerprint density at radius 2 is 2.12 bits per heavy atom. The summed E-state index contributed by atoms with van der Waals surface area (Å²) in [5.41, 5.74) is 1.00. The maximum Gasteiger partial charge on any atom is 0.242 e. The molecule has 1 amide bonds. The first kappa shape index (κ1) is 18.1. The van der Waals surface area contributed by atoms with Crippen molar-refractivity contribution in [2.24, 2.45) is 4.99 Å². The number of β-amino-alcohol motifs (C(OH)–C–C–N with tert-alkyl or cyclic N) is 1. The van der Waals surface area contributed by atoms with Gasteiger partial charge in [0.15, 0.2) is 5.96 Å². The lowest BCUT2D eigenvalue weighted by Gasteiger charge is -2.20. The number of methoxy groups -OCH3 is 1. The highest BCUT2D eigenvalue weighted by Gasteiger charge is 2.22. The van der Waals surface area contributed by atoms with E-state index in [4.69, 9.17) is 4.74 Å². The SMILES string of the molecule is CCNC(=NCC(=O)NCc1ccc(OC)cc1)N1CC[C@@H](O)C1. The molecule has 7 nitrogen and oxygen atoms in total. The van der Waals surface area contributed by atoms with Crippen LogP contribution in [0.25, 0.3) is 0 Å². The first-order valence-corrected chi connectivity index (χ1v) is 8.23. The summed E-state index contributed by atoms with van der Waals surface area (Å²) in [6.07, 6.45) is 0.409. The molecule has 1 aromatic carbocycles. The van der Waals surface area contributed by atoms with Gasteiger partial charge in [0, 0.05) is 26.2 Å². The van der Waals surface area contributed by atoms with E-state index in [9.17, 15) is 9.90 Å². The molecule has 1 aromatic rings. The molecule has 1 heterocycles. The molecule has 132 valence electrons. The standard InChI is InChI=1S/C17H26N4O3/c1-3-18-17(21-9-8-14(22)12-21)20-11-16(23)19-10-13-4-6-15(24-2)7-5-13/h4-7,14,22H,3,8-12H2,1-2H3,(H,18,20)(H,19,23)/t14-/m1/s1. The number of rotatable bonds is 6. The van der Waals surface area contributed by atoms with E-state index in [1.807, 2.05) is 36.1 Å². The van der Waals surface area contributed by atoms with Gasteiger partial charge in [0.05, 0.1) is 13.2 Å². The number of nitrogens with zero attached hydrogens (tertiary/aromatic N) is 2. The third kappa shape index (κ3) is 5.42. The molecule has 0 aromatic heterocycles. The monoisotopic (exact) mass is 334 g/mol. The lowest BCUT2D eigenvalue weighted by atomic mass is 10.2. The highest BCUT2D eigenvalue weighted by atomic mass is 16.5. The van der Waals surface area contributed by atoms with Crippen LogP contribution in [0.4, 0.5) is 0 Å². The zero-order valence-electron chi connectivity index (χ0n) is 14.3. The smallest absolute Gasteiger partial charge is 0.242 e.